The second-order valence-corrected chi connectivity index (χ2v) is 7.57. The van der Waals surface area contributed by atoms with Gasteiger partial charge in [-0.25, -0.2) is 12.8 Å². The molecule has 3 rings (SSSR count). The number of carbonyl (C=O) groups excluding carboxylic acids is 1. The van der Waals surface area contributed by atoms with Crippen LogP contribution in [-0.2, 0) is 14.8 Å². The molecule has 0 bridgehead atoms. The van der Waals surface area contributed by atoms with Crippen molar-refractivity contribution < 1.29 is 17.6 Å². The molecule has 0 saturated carbocycles. The number of rotatable bonds is 5. The average Bonchev–Trinajstić information content (AvgIpc) is 2.62. The van der Waals surface area contributed by atoms with Crippen molar-refractivity contribution in [2.75, 3.05) is 35.8 Å². The van der Waals surface area contributed by atoms with Crippen molar-refractivity contribution >= 4 is 28.1 Å². The van der Waals surface area contributed by atoms with E-state index in [4.69, 9.17) is 0 Å². The van der Waals surface area contributed by atoms with Gasteiger partial charge in [-0.1, -0.05) is 0 Å². The molecular formula is C16H18FN5O3S. The zero-order valence-corrected chi connectivity index (χ0v) is 14.9. The zero-order chi connectivity index (χ0) is 18.7. The Morgan fingerprint density at radius 3 is 2.42 bits per heavy atom. The summed E-state index contributed by atoms with van der Waals surface area (Å²) in [5.41, 5.74) is 0.301. The average molecular weight is 379 g/mol. The van der Waals surface area contributed by atoms with Gasteiger partial charge in [0.15, 0.2) is 11.6 Å². The molecule has 0 spiro atoms. The summed E-state index contributed by atoms with van der Waals surface area (Å²) in [6.07, 6.45) is 0.818. The maximum atomic E-state index is 13.2. The molecular weight excluding hydrogens is 361 g/mol. The number of nitrogens with one attached hydrogen (secondary N) is 1. The van der Waals surface area contributed by atoms with E-state index in [2.05, 4.69) is 14.9 Å². The minimum atomic E-state index is -3.89. The number of hydrogen-bond acceptors (Lipinski definition) is 6. The molecule has 2 heterocycles. The van der Waals surface area contributed by atoms with E-state index in [9.17, 15) is 17.6 Å². The standard InChI is InChI=1S/C16H18FN5O3S/c1-12-10-13(17)2-3-14(12)26(24,25)20-15-4-5-16(19-18-15)22-8-6-21(11-23)7-9-22/h2-5,10-11H,6-9H2,1H3,(H,18,20). The molecule has 1 aromatic carbocycles. The summed E-state index contributed by atoms with van der Waals surface area (Å²) in [7, 11) is -3.89. The number of amides is 1. The highest BCUT2D eigenvalue weighted by atomic mass is 32.2. The van der Waals surface area contributed by atoms with Crippen LogP contribution in [0.2, 0.25) is 0 Å². The van der Waals surface area contributed by atoms with E-state index in [1.807, 2.05) is 4.90 Å². The third-order valence-electron chi connectivity index (χ3n) is 4.10. The first-order valence-electron chi connectivity index (χ1n) is 7.96. The lowest BCUT2D eigenvalue weighted by atomic mass is 10.2. The number of benzene rings is 1. The number of nitrogens with zero attached hydrogens (tertiary/aromatic N) is 4. The van der Waals surface area contributed by atoms with Crippen LogP contribution in [0.4, 0.5) is 16.0 Å². The fraction of sp³-hybridized carbons (Fsp3) is 0.312. The van der Waals surface area contributed by atoms with Crippen LogP contribution >= 0.6 is 0 Å². The molecule has 138 valence electrons. The highest BCUT2D eigenvalue weighted by Crippen LogP contribution is 2.20. The van der Waals surface area contributed by atoms with E-state index in [0.29, 0.717) is 37.6 Å². The fourth-order valence-electron chi connectivity index (χ4n) is 2.71. The van der Waals surface area contributed by atoms with Gasteiger partial charge in [0, 0.05) is 26.2 Å². The summed E-state index contributed by atoms with van der Waals surface area (Å²) in [6.45, 7) is 3.98. The summed E-state index contributed by atoms with van der Waals surface area (Å²) in [5.74, 6) is 0.181. The highest BCUT2D eigenvalue weighted by molar-refractivity contribution is 7.92. The Labute approximate surface area is 150 Å². The number of piperazine rings is 1. The first-order valence-corrected chi connectivity index (χ1v) is 9.44. The minimum Gasteiger partial charge on any atom is -0.352 e. The number of anilines is 2. The summed E-state index contributed by atoms with van der Waals surface area (Å²) >= 11 is 0. The molecule has 1 aliphatic heterocycles. The van der Waals surface area contributed by atoms with Gasteiger partial charge in [0.1, 0.15) is 5.82 Å². The maximum Gasteiger partial charge on any atom is 0.263 e. The Bertz CT molecular complexity index is 897. The number of aryl methyl sites for hydroxylation is 1. The van der Waals surface area contributed by atoms with Crippen molar-refractivity contribution in [3.63, 3.8) is 0 Å². The van der Waals surface area contributed by atoms with Crippen LogP contribution in [0.3, 0.4) is 0 Å². The van der Waals surface area contributed by atoms with Crippen molar-refractivity contribution in [3.8, 4) is 0 Å². The van der Waals surface area contributed by atoms with Gasteiger partial charge >= 0.3 is 0 Å². The minimum absolute atomic E-state index is 0.0187. The maximum absolute atomic E-state index is 13.2. The predicted molar refractivity (Wildman–Crippen MR) is 93.8 cm³/mol. The molecule has 1 fully saturated rings. The van der Waals surface area contributed by atoms with Gasteiger partial charge < -0.3 is 9.80 Å². The molecule has 1 N–H and O–H groups in total. The number of halogens is 1. The van der Waals surface area contributed by atoms with Gasteiger partial charge in [0.2, 0.25) is 6.41 Å². The molecule has 0 radical (unpaired) electrons. The Balaban J connectivity index is 1.72. The summed E-state index contributed by atoms with van der Waals surface area (Å²) in [4.78, 5) is 14.4. The summed E-state index contributed by atoms with van der Waals surface area (Å²) in [6, 6.07) is 6.64. The highest BCUT2D eigenvalue weighted by Gasteiger charge is 2.20. The third-order valence-corrected chi connectivity index (χ3v) is 5.62. The predicted octanol–water partition coefficient (Wildman–Crippen LogP) is 1.00. The molecule has 2 aromatic rings. The van der Waals surface area contributed by atoms with Crippen LogP contribution in [-0.4, -0.2) is 56.1 Å². The van der Waals surface area contributed by atoms with E-state index in [1.54, 1.807) is 11.0 Å². The van der Waals surface area contributed by atoms with Gasteiger partial charge in [0.05, 0.1) is 4.90 Å². The molecule has 0 unspecified atom stereocenters. The lowest BCUT2D eigenvalue weighted by Crippen LogP contribution is -2.46. The van der Waals surface area contributed by atoms with Crippen molar-refractivity contribution in [1.82, 2.24) is 15.1 Å². The molecule has 10 heteroatoms. The van der Waals surface area contributed by atoms with E-state index in [0.717, 1.165) is 18.5 Å². The van der Waals surface area contributed by atoms with E-state index in [-0.39, 0.29) is 10.7 Å². The van der Waals surface area contributed by atoms with Crippen LogP contribution in [0.25, 0.3) is 0 Å². The van der Waals surface area contributed by atoms with Gasteiger partial charge in [-0.3, -0.25) is 9.52 Å². The Kier molecular flexibility index (Phi) is 5.03. The third kappa shape index (κ3) is 3.90. The van der Waals surface area contributed by atoms with Crippen LogP contribution in [0.15, 0.2) is 35.2 Å². The van der Waals surface area contributed by atoms with Gasteiger partial charge in [-0.2, -0.15) is 0 Å². The topological polar surface area (TPSA) is 95.5 Å². The van der Waals surface area contributed by atoms with Crippen molar-refractivity contribution in [3.05, 3.63) is 41.7 Å². The Hall–Kier alpha value is -2.75. The van der Waals surface area contributed by atoms with Crippen molar-refractivity contribution in [1.29, 1.82) is 0 Å². The van der Waals surface area contributed by atoms with Crippen LogP contribution in [0, 0.1) is 12.7 Å². The zero-order valence-electron chi connectivity index (χ0n) is 14.1. The quantitative estimate of drug-likeness (QED) is 0.779. The van der Waals surface area contributed by atoms with E-state index in [1.165, 1.54) is 19.1 Å². The van der Waals surface area contributed by atoms with Gasteiger partial charge in [-0.15, -0.1) is 10.2 Å². The molecule has 1 amide bonds. The van der Waals surface area contributed by atoms with Gasteiger partial charge in [-0.05, 0) is 42.8 Å². The first kappa shape index (κ1) is 18.1. The van der Waals surface area contributed by atoms with Crippen molar-refractivity contribution in [2.45, 2.75) is 11.8 Å². The first-order chi connectivity index (χ1) is 12.4. The molecule has 0 aliphatic carbocycles. The van der Waals surface area contributed by atoms with E-state index >= 15 is 0 Å². The lowest BCUT2D eigenvalue weighted by Gasteiger charge is -2.32. The second kappa shape index (κ2) is 7.24. The SMILES string of the molecule is Cc1cc(F)ccc1S(=O)(=O)Nc1ccc(N2CCN(C=O)CC2)nn1. The summed E-state index contributed by atoms with van der Waals surface area (Å²) < 4.78 is 40.4. The molecule has 1 aromatic heterocycles. The Morgan fingerprint density at radius 2 is 1.85 bits per heavy atom. The molecule has 8 nitrogen and oxygen atoms in total. The fourth-order valence-corrected chi connectivity index (χ4v) is 3.94. The smallest absolute Gasteiger partial charge is 0.263 e. The molecule has 1 aliphatic rings. The molecule has 0 atom stereocenters. The Morgan fingerprint density at radius 1 is 1.12 bits per heavy atom. The van der Waals surface area contributed by atoms with Crippen LogP contribution in [0.1, 0.15) is 5.56 Å². The second-order valence-electron chi connectivity index (χ2n) is 5.92. The number of carbonyl (C=O) groups is 1. The van der Waals surface area contributed by atoms with Gasteiger partial charge in [0.25, 0.3) is 10.0 Å². The largest absolute Gasteiger partial charge is 0.352 e. The molecule has 1 saturated heterocycles. The normalized spacial score (nSPS) is 15.0. The summed E-state index contributed by atoms with van der Waals surface area (Å²) in [5, 5.41) is 7.96. The van der Waals surface area contributed by atoms with Crippen LogP contribution < -0.4 is 9.62 Å². The molecule has 26 heavy (non-hydrogen) atoms. The lowest BCUT2D eigenvalue weighted by molar-refractivity contribution is -0.118. The number of aromatic nitrogens is 2. The number of sulfonamides is 1. The van der Waals surface area contributed by atoms with Crippen molar-refractivity contribution in [2.24, 2.45) is 0 Å². The monoisotopic (exact) mass is 379 g/mol. The van der Waals surface area contributed by atoms with Crippen LogP contribution in [0.5, 0.6) is 0 Å². The number of hydrogen-bond donors (Lipinski definition) is 1. The van der Waals surface area contributed by atoms with E-state index < -0.39 is 15.8 Å².